The minimum atomic E-state index is -0.215. The Labute approximate surface area is 201 Å². The predicted molar refractivity (Wildman–Crippen MR) is 137 cm³/mol. The van der Waals surface area contributed by atoms with Crippen LogP contribution in [0.3, 0.4) is 0 Å². The van der Waals surface area contributed by atoms with Crippen LogP contribution in [0, 0.1) is 20.8 Å². The highest BCUT2D eigenvalue weighted by Crippen LogP contribution is 2.23. The molecule has 4 aromatic rings. The summed E-state index contributed by atoms with van der Waals surface area (Å²) in [6, 6.07) is 21.8. The lowest BCUT2D eigenvalue weighted by atomic mass is 10.1. The van der Waals surface area contributed by atoms with E-state index in [2.05, 4.69) is 48.0 Å². The molecule has 1 N–H and O–H groups in total. The number of hydrogen-bond donors (Lipinski definition) is 1. The van der Waals surface area contributed by atoms with Gasteiger partial charge in [-0.2, -0.15) is 0 Å². The Morgan fingerprint density at radius 3 is 2.50 bits per heavy atom. The number of nitrogens with one attached hydrogen (secondary N) is 1. The summed E-state index contributed by atoms with van der Waals surface area (Å²) < 4.78 is 8.26. The van der Waals surface area contributed by atoms with Crippen LogP contribution in [0.15, 0.2) is 66.7 Å². The van der Waals surface area contributed by atoms with Crippen molar-refractivity contribution in [2.24, 2.45) is 0 Å². The number of benzene rings is 3. The summed E-state index contributed by atoms with van der Waals surface area (Å²) in [6.07, 6.45) is 1.89. The van der Waals surface area contributed by atoms with Gasteiger partial charge in [-0.05, 0) is 82.0 Å². The molecule has 0 aliphatic heterocycles. The molecule has 1 amide bonds. The number of amides is 1. The molecule has 0 spiro atoms. The summed E-state index contributed by atoms with van der Waals surface area (Å²) in [4.78, 5) is 17.6. The molecule has 0 radical (unpaired) electrons. The van der Waals surface area contributed by atoms with Crippen molar-refractivity contribution in [3.63, 3.8) is 0 Å². The number of rotatable bonds is 9. The number of para-hydroxylation sites is 2. The molecule has 0 bridgehead atoms. The molecule has 1 unspecified atom stereocenters. The van der Waals surface area contributed by atoms with Gasteiger partial charge in [0.25, 0.3) is 5.91 Å². The largest absolute Gasteiger partial charge is 0.493 e. The summed E-state index contributed by atoms with van der Waals surface area (Å²) in [5, 5.41) is 3.12. The second-order valence-electron chi connectivity index (χ2n) is 9.00. The first-order valence-corrected chi connectivity index (χ1v) is 11.9. The topological polar surface area (TPSA) is 56.2 Å². The Morgan fingerprint density at radius 2 is 1.71 bits per heavy atom. The molecular weight excluding hydrogens is 422 g/mol. The highest BCUT2D eigenvalue weighted by atomic mass is 16.5. The maximum Gasteiger partial charge on any atom is 0.251 e. The van der Waals surface area contributed by atoms with E-state index >= 15 is 0 Å². The molecule has 1 atom stereocenters. The zero-order valence-corrected chi connectivity index (χ0v) is 20.5. The zero-order valence-electron chi connectivity index (χ0n) is 20.5. The second-order valence-corrected chi connectivity index (χ2v) is 9.00. The number of ether oxygens (including phenoxy) is 1. The number of hydrogen-bond acceptors (Lipinski definition) is 3. The summed E-state index contributed by atoms with van der Waals surface area (Å²) in [5.74, 6) is 1.74. The second kappa shape index (κ2) is 10.6. The molecule has 0 fully saturated rings. The number of imidazole rings is 1. The third-order valence-electron chi connectivity index (χ3n) is 6.11. The van der Waals surface area contributed by atoms with E-state index in [0.29, 0.717) is 12.2 Å². The third-order valence-corrected chi connectivity index (χ3v) is 6.11. The van der Waals surface area contributed by atoms with E-state index in [9.17, 15) is 4.79 Å². The molecule has 3 aromatic carbocycles. The van der Waals surface area contributed by atoms with Crippen LogP contribution < -0.4 is 10.1 Å². The van der Waals surface area contributed by atoms with Gasteiger partial charge in [0.1, 0.15) is 11.6 Å². The normalized spacial score (nSPS) is 12.0. The van der Waals surface area contributed by atoms with Gasteiger partial charge in [0, 0.05) is 12.1 Å². The number of aryl methyl sites for hydroxylation is 4. The van der Waals surface area contributed by atoms with Crippen LogP contribution in [-0.2, 0) is 6.54 Å². The lowest BCUT2D eigenvalue weighted by molar-refractivity contribution is 0.0937. The SMILES string of the molecule is Cc1ccc(C(=O)NC(C)c2nc3ccccc3n2CCCCOc2cc(C)ccc2C)cc1. The van der Waals surface area contributed by atoms with Crippen molar-refractivity contribution in [1.82, 2.24) is 14.9 Å². The molecule has 176 valence electrons. The van der Waals surface area contributed by atoms with Crippen molar-refractivity contribution in [2.75, 3.05) is 6.61 Å². The first-order chi connectivity index (χ1) is 16.4. The van der Waals surface area contributed by atoms with Gasteiger partial charge in [-0.15, -0.1) is 0 Å². The Morgan fingerprint density at radius 1 is 0.971 bits per heavy atom. The zero-order chi connectivity index (χ0) is 24.1. The molecule has 4 rings (SSSR count). The van der Waals surface area contributed by atoms with Crippen LogP contribution in [0.5, 0.6) is 5.75 Å². The first-order valence-electron chi connectivity index (χ1n) is 11.9. The third kappa shape index (κ3) is 5.48. The number of carbonyl (C=O) groups is 1. The maximum atomic E-state index is 12.8. The Bertz CT molecular complexity index is 1270. The van der Waals surface area contributed by atoms with Gasteiger partial charge >= 0.3 is 0 Å². The molecule has 0 saturated carbocycles. The Balaban J connectivity index is 1.42. The van der Waals surface area contributed by atoms with Gasteiger partial charge in [-0.3, -0.25) is 4.79 Å². The van der Waals surface area contributed by atoms with Crippen molar-refractivity contribution in [2.45, 2.75) is 53.1 Å². The summed E-state index contributed by atoms with van der Waals surface area (Å²) in [6.45, 7) is 9.65. The number of aromatic nitrogens is 2. The summed E-state index contributed by atoms with van der Waals surface area (Å²) in [5.41, 5.74) is 6.19. The lowest BCUT2D eigenvalue weighted by Gasteiger charge is -2.17. The van der Waals surface area contributed by atoms with Gasteiger partial charge in [0.2, 0.25) is 0 Å². The molecule has 0 aliphatic carbocycles. The van der Waals surface area contributed by atoms with Gasteiger partial charge in [-0.25, -0.2) is 4.98 Å². The van der Waals surface area contributed by atoms with Crippen molar-refractivity contribution < 1.29 is 9.53 Å². The van der Waals surface area contributed by atoms with Crippen LogP contribution >= 0.6 is 0 Å². The summed E-state index contributed by atoms with van der Waals surface area (Å²) in [7, 11) is 0. The maximum absolute atomic E-state index is 12.8. The van der Waals surface area contributed by atoms with Crippen LogP contribution in [0.25, 0.3) is 11.0 Å². The van der Waals surface area contributed by atoms with Gasteiger partial charge < -0.3 is 14.6 Å². The quantitative estimate of drug-likeness (QED) is 0.301. The van der Waals surface area contributed by atoms with E-state index in [4.69, 9.17) is 9.72 Å². The highest BCUT2D eigenvalue weighted by Gasteiger charge is 2.19. The fraction of sp³-hybridized carbons (Fsp3) is 0.310. The van der Waals surface area contributed by atoms with Gasteiger partial charge in [0.05, 0.1) is 23.7 Å². The van der Waals surface area contributed by atoms with Gasteiger partial charge in [-0.1, -0.05) is 42.0 Å². The predicted octanol–water partition coefficient (Wildman–Crippen LogP) is 6.31. The van der Waals surface area contributed by atoms with E-state index in [1.807, 2.05) is 56.3 Å². The van der Waals surface area contributed by atoms with E-state index in [0.717, 1.165) is 53.1 Å². The first kappa shape index (κ1) is 23.6. The van der Waals surface area contributed by atoms with Crippen molar-refractivity contribution >= 4 is 16.9 Å². The minimum absolute atomic E-state index is 0.0898. The average molecular weight is 456 g/mol. The van der Waals surface area contributed by atoms with Gasteiger partial charge in [0.15, 0.2) is 0 Å². The van der Waals surface area contributed by atoms with E-state index in [1.54, 1.807) is 0 Å². The smallest absolute Gasteiger partial charge is 0.251 e. The molecule has 5 nitrogen and oxygen atoms in total. The number of carbonyl (C=O) groups excluding carboxylic acids is 1. The molecule has 34 heavy (non-hydrogen) atoms. The molecule has 1 heterocycles. The van der Waals surface area contributed by atoms with Crippen LogP contribution in [-0.4, -0.2) is 22.1 Å². The van der Waals surface area contributed by atoms with Crippen LogP contribution in [0.1, 0.15) is 58.7 Å². The monoisotopic (exact) mass is 455 g/mol. The van der Waals surface area contributed by atoms with E-state index in [1.165, 1.54) is 5.56 Å². The molecule has 0 saturated heterocycles. The van der Waals surface area contributed by atoms with Crippen LogP contribution in [0.4, 0.5) is 0 Å². The molecule has 5 heteroatoms. The molecule has 1 aromatic heterocycles. The van der Waals surface area contributed by atoms with Crippen LogP contribution in [0.2, 0.25) is 0 Å². The highest BCUT2D eigenvalue weighted by molar-refractivity contribution is 5.94. The fourth-order valence-corrected chi connectivity index (χ4v) is 4.13. The van der Waals surface area contributed by atoms with Crippen molar-refractivity contribution in [3.05, 3.63) is 94.8 Å². The molecular formula is C29H33N3O2. The lowest BCUT2D eigenvalue weighted by Crippen LogP contribution is -2.28. The average Bonchev–Trinajstić information content (AvgIpc) is 3.20. The minimum Gasteiger partial charge on any atom is -0.493 e. The summed E-state index contributed by atoms with van der Waals surface area (Å²) >= 11 is 0. The Kier molecular flexibility index (Phi) is 7.31. The van der Waals surface area contributed by atoms with E-state index in [-0.39, 0.29) is 11.9 Å². The Hall–Kier alpha value is -3.60. The van der Waals surface area contributed by atoms with Crippen molar-refractivity contribution in [3.8, 4) is 5.75 Å². The number of nitrogens with zero attached hydrogens (tertiary/aromatic N) is 2. The fourth-order valence-electron chi connectivity index (χ4n) is 4.13. The van der Waals surface area contributed by atoms with Crippen molar-refractivity contribution in [1.29, 1.82) is 0 Å². The number of fused-ring (bicyclic) bond motifs is 1. The number of unbranched alkanes of at least 4 members (excludes halogenated alkanes) is 1. The molecule has 0 aliphatic rings. The van der Waals surface area contributed by atoms with E-state index < -0.39 is 0 Å². The standard InChI is InChI=1S/C29H33N3O2/c1-20-12-15-24(16-13-20)29(33)30-23(4)28-31-25-9-5-6-10-26(25)32(28)17-7-8-18-34-27-19-21(2)11-14-22(27)3/h5-6,9-16,19,23H,7-8,17-18H2,1-4H3,(H,30,33).